The fourth-order valence-corrected chi connectivity index (χ4v) is 4.83. The molecule has 3 heterocycles. The molecule has 5 rings (SSSR count). The zero-order valence-corrected chi connectivity index (χ0v) is 19.5. The summed E-state index contributed by atoms with van der Waals surface area (Å²) >= 11 is 15.6. The number of hydrogen-bond acceptors (Lipinski definition) is 2. The Hall–Kier alpha value is -2.67. The van der Waals surface area contributed by atoms with Crippen LogP contribution in [-0.2, 0) is 0 Å². The average molecular weight is 510 g/mol. The summed E-state index contributed by atoms with van der Waals surface area (Å²) < 4.78 is 3.18. The number of nitrogens with zero attached hydrogens (tertiary/aromatic N) is 3. The van der Waals surface area contributed by atoms with Crippen LogP contribution in [0, 0.1) is 0 Å². The van der Waals surface area contributed by atoms with Crippen molar-refractivity contribution in [3.05, 3.63) is 112 Å². The number of aromatic nitrogens is 2. The van der Waals surface area contributed by atoms with Gasteiger partial charge in [0.25, 0.3) is 0 Å². The second-order valence-electron chi connectivity index (χ2n) is 7.26. The Balaban J connectivity index is 1.67. The second kappa shape index (κ2) is 8.46. The fourth-order valence-electron chi connectivity index (χ4n) is 4.03. The summed E-state index contributed by atoms with van der Waals surface area (Å²) in [5.74, 6) is 0. The van der Waals surface area contributed by atoms with E-state index in [1.54, 1.807) is 0 Å². The smallest absolute Gasteiger partial charge is 0.174 e. The van der Waals surface area contributed by atoms with Crippen LogP contribution in [0.5, 0.6) is 0 Å². The molecule has 154 valence electrons. The number of benzene rings is 2. The van der Waals surface area contributed by atoms with Crippen LogP contribution in [0.1, 0.15) is 23.5 Å². The highest BCUT2D eigenvalue weighted by molar-refractivity contribution is 9.10. The number of thiocarbonyl (C=S) groups is 1. The number of halogens is 2. The average Bonchev–Trinajstić information content (AvgIpc) is 3.39. The van der Waals surface area contributed by atoms with E-state index in [9.17, 15) is 0 Å². The van der Waals surface area contributed by atoms with E-state index in [2.05, 4.69) is 66.2 Å². The van der Waals surface area contributed by atoms with E-state index in [1.807, 2.05) is 60.8 Å². The summed E-state index contributed by atoms with van der Waals surface area (Å²) in [6.45, 7) is 0. The molecule has 2 aromatic carbocycles. The molecule has 1 fully saturated rings. The van der Waals surface area contributed by atoms with E-state index in [4.69, 9.17) is 23.8 Å². The molecule has 31 heavy (non-hydrogen) atoms. The topological polar surface area (TPSA) is 33.1 Å². The molecular formula is C24H18BrClN4S. The Morgan fingerprint density at radius 1 is 0.935 bits per heavy atom. The van der Waals surface area contributed by atoms with Gasteiger partial charge in [0.15, 0.2) is 5.11 Å². The van der Waals surface area contributed by atoms with Gasteiger partial charge in [-0.05, 0) is 78.9 Å². The normalized spacial score (nSPS) is 18.3. The highest BCUT2D eigenvalue weighted by Crippen LogP contribution is 2.42. The Bertz CT molecular complexity index is 1230. The van der Waals surface area contributed by atoms with Crippen molar-refractivity contribution in [2.75, 3.05) is 4.90 Å². The van der Waals surface area contributed by atoms with Crippen LogP contribution in [0.15, 0.2) is 95.7 Å². The highest BCUT2D eigenvalue weighted by atomic mass is 79.9. The molecule has 1 aliphatic heterocycles. The van der Waals surface area contributed by atoms with Crippen LogP contribution in [0.25, 0.3) is 5.69 Å². The van der Waals surface area contributed by atoms with Crippen molar-refractivity contribution in [1.29, 1.82) is 0 Å². The van der Waals surface area contributed by atoms with E-state index in [-0.39, 0.29) is 12.1 Å². The fraction of sp³-hybridized carbons (Fsp3) is 0.0833. The molecule has 0 spiro atoms. The first-order valence-electron chi connectivity index (χ1n) is 9.81. The van der Waals surface area contributed by atoms with Gasteiger partial charge in [-0.15, -0.1) is 0 Å². The van der Waals surface area contributed by atoms with Gasteiger partial charge in [0.1, 0.15) is 6.04 Å². The van der Waals surface area contributed by atoms with Crippen molar-refractivity contribution in [3.8, 4) is 5.69 Å². The quantitative estimate of drug-likeness (QED) is 0.320. The first-order valence-corrected chi connectivity index (χ1v) is 11.4. The summed E-state index contributed by atoms with van der Waals surface area (Å²) in [5, 5.41) is 4.87. The standard InChI is InChI=1S/C24H18BrClN4S/c25-16-9-11-18(12-10-16)30-23(22(28-24(30)31)20-7-1-2-13-27-20)21-8-4-14-29(21)19-6-3-5-17(26)15-19/h1-15,22-23H,(H,28,31)/t22-,23+/m0/s1. The van der Waals surface area contributed by atoms with Gasteiger partial charge < -0.3 is 14.8 Å². The molecule has 0 radical (unpaired) electrons. The van der Waals surface area contributed by atoms with Crippen LogP contribution in [-0.4, -0.2) is 14.7 Å². The van der Waals surface area contributed by atoms with Crippen LogP contribution in [0.2, 0.25) is 5.02 Å². The molecule has 0 saturated carbocycles. The molecule has 0 amide bonds. The molecule has 2 aromatic heterocycles. The second-order valence-corrected chi connectivity index (χ2v) is 8.99. The summed E-state index contributed by atoms with van der Waals surface area (Å²) in [6.07, 6.45) is 3.87. The zero-order valence-electron chi connectivity index (χ0n) is 16.3. The largest absolute Gasteiger partial charge is 0.351 e. The van der Waals surface area contributed by atoms with Gasteiger partial charge in [-0.1, -0.05) is 39.7 Å². The molecule has 1 saturated heterocycles. The Morgan fingerprint density at radius 3 is 2.52 bits per heavy atom. The lowest BCUT2D eigenvalue weighted by Crippen LogP contribution is -2.30. The number of rotatable bonds is 4. The van der Waals surface area contributed by atoms with Crippen molar-refractivity contribution in [2.45, 2.75) is 12.1 Å². The van der Waals surface area contributed by atoms with Crippen LogP contribution >= 0.6 is 39.7 Å². The maximum atomic E-state index is 6.29. The van der Waals surface area contributed by atoms with E-state index in [0.29, 0.717) is 10.1 Å². The summed E-state index contributed by atoms with van der Waals surface area (Å²) in [4.78, 5) is 6.79. The Labute approximate surface area is 199 Å². The minimum Gasteiger partial charge on any atom is -0.351 e. The van der Waals surface area contributed by atoms with Crippen LogP contribution in [0.3, 0.4) is 0 Å². The molecule has 4 nitrogen and oxygen atoms in total. The van der Waals surface area contributed by atoms with Gasteiger partial charge in [-0.25, -0.2) is 0 Å². The lowest BCUT2D eigenvalue weighted by molar-refractivity contribution is 0.549. The number of hydrogen-bond donors (Lipinski definition) is 1. The lowest BCUT2D eigenvalue weighted by Gasteiger charge is -2.29. The maximum absolute atomic E-state index is 6.29. The van der Waals surface area contributed by atoms with Crippen molar-refractivity contribution in [1.82, 2.24) is 14.9 Å². The highest BCUT2D eigenvalue weighted by Gasteiger charge is 2.42. The van der Waals surface area contributed by atoms with Gasteiger partial charge in [0.2, 0.25) is 0 Å². The van der Waals surface area contributed by atoms with E-state index in [0.717, 1.165) is 27.2 Å². The third-order valence-corrected chi connectivity index (χ3v) is 6.45. The van der Waals surface area contributed by atoms with Crippen LogP contribution in [0.4, 0.5) is 5.69 Å². The molecule has 0 unspecified atom stereocenters. The first kappa shape index (κ1) is 20.2. The molecular weight excluding hydrogens is 492 g/mol. The summed E-state index contributed by atoms with van der Waals surface area (Å²) in [6, 6.07) is 26.0. The molecule has 7 heteroatoms. The predicted octanol–water partition coefficient (Wildman–Crippen LogP) is 6.47. The molecule has 0 bridgehead atoms. The molecule has 4 aromatic rings. The first-order chi connectivity index (χ1) is 15.1. The van der Waals surface area contributed by atoms with E-state index < -0.39 is 0 Å². The van der Waals surface area contributed by atoms with Crippen LogP contribution < -0.4 is 10.2 Å². The molecule has 1 aliphatic rings. The van der Waals surface area contributed by atoms with Gasteiger partial charge in [0, 0.05) is 39.0 Å². The number of anilines is 1. The SMILES string of the molecule is S=C1N[C@@H](c2ccccn2)[C@@H](c2cccn2-c2cccc(Cl)c2)N1c1ccc(Br)cc1. The van der Waals surface area contributed by atoms with Gasteiger partial charge in [-0.3, -0.25) is 4.98 Å². The molecule has 0 aliphatic carbocycles. The van der Waals surface area contributed by atoms with Gasteiger partial charge in [0.05, 0.1) is 11.7 Å². The molecule has 1 N–H and O–H groups in total. The Kier molecular flexibility index (Phi) is 5.52. The van der Waals surface area contributed by atoms with E-state index in [1.165, 1.54) is 0 Å². The maximum Gasteiger partial charge on any atom is 0.174 e. The van der Waals surface area contributed by atoms with E-state index >= 15 is 0 Å². The summed E-state index contributed by atoms with van der Waals surface area (Å²) in [7, 11) is 0. The Morgan fingerprint density at radius 2 is 1.77 bits per heavy atom. The predicted molar refractivity (Wildman–Crippen MR) is 133 cm³/mol. The van der Waals surface area contributed by atoms with Crippen molar-refractivity contribution in [3.63, 3.8) is 0 Å². The summed E-state index contributed by atoms with van der Waals surface area (Å²) in [5.41, 5.74) is 4.05. The van der Waals surface area contributed by atoms with Crippen molar-refractivity contribution < 1.29 is 0 Å². The monoisotopic (exact) mass is 508 g/mol. The molecule has 2 atom stereocenters. The van der Waals surface area contributed by atoms with Crippen molar-refractivity contribution >= 4 is 50.5 Å². The minimum atomic E-state index is -0.106. The minimum absolute atomic E-state index is 0.0995. The third-order valence-electron chi connectivity index (χ3n) is 5.37. The number of pyridine rings is 1. The van der Waals surface area contributed by atoms with Gasteiger partial charge in [-0.2, -0.15) is 0 Å². The lowest BCUT2D eigenvalue weighted by atomic mass is 10.0. The number of nitrogens with one attached hydrogen (secondary N) is 1. The zero-order chi connectivity index (χ0) is 21.4. The van der Waals surface area contributed by atoms with Crippen molar-refractivity contribution in [2.24, 2.45) is 0 Å². The third kappa shape index (κ3) is 3.87. The van der Waals surface area contributed by atoms with Gasteiger partial charge >= 0.3 is 0 Å².